The van der Waals surface area contributed by atoms with Gasteiger partial charge in [-0.3, -0.25) is 9.59 Å². The second kappa shape index (κ2) is 7.34. The van der Waals surface area contributed by atoms with E-state index in [1.54, 1.807) is 0 Å². The number of thioether (sulfide) groups is 1. The van der Waals surface area contributed by atoms with E-state index >= 15 is 0 Å². The van der Waals surface area contributed by atoms with Gasteiger partial charge in [0.05, 0.1) is 0 Å². The highest BCUT2D eigenvalue weighted by atomic mass is 32.2. The number of unbranched alkanes of at least 4 members (excludes halogenated alkanes) is 2. The largest absolute Gasteiger partial charge is 0.342 e. The molecule has 1 aliphatic heterocycles. The predicted octanol–water partition coefficient (Wildman–Crippen LogP) is 2.18. The van der Waals surface area contributed by atoms with E-state index in [2.05, 4.69) is 11.6 Å². The van der Waals surface area contributed by atoms with Gasteiger partial charge in [0, 0.05) is 19.5 Å². The number of hydrogen-bond acceptors (Lipinski definition) is 3. The fourth-order valence-electron chi connectivity index (χ4n) is 3.28. The van der Waals surface area contributed by atoms with Crippen molar-refractivity contribution in [1.82, 2.24) is 10.2 Å². The van der Waals surface area contributed by atoms with Crippen molar-refractivity contribution in [3.05, 3.63) is 0 Å². The maximum atomic E-state index is 12.7. The Morgan fingerprint density at radius 3 is 2.65 bits per heavy atom. The summed E-state index contributed by atoms with van der Waals surface area (Å²) in [5.74, 6) is 1.41. The minimum Gasteiger partial charge on any atom is -0.342 e. The van der Waals surface area contributed by atoms with E-state index in [1.165, 1.54) is 18.6 Å². The summed E-state index contributed by atoms with van der Waals surface area (Å²) in [6, 6.07) is 0. The highest BCUT2D eigenvalue weighted by Crippen LogP contribution is 2.33. The fraction of sp³-hybridized carbons (Fsp3) is 0.867. The van der Waals surface area contributed by atoms with Crippen LogP contribution in [0.4, 0.5) is 0 Å². The molecule has 1 N–H and O–H groups in total. The summed E-state index contributed by atoms with van der Waals surface area (Å²) in [4.78, 5) is 26.5. The zero-order chi connectivity index (χ0) is 14.4. The quantitative estimate of drug-likeness (QED) is 0.765. The molecule has 1 aliphatic carbocycles. The molecule has 2 rings (SSSR count). The van der Waals surface area contributed by atoms with Crippen LogP contribution in [0, 0.1) is 0 Å². The average Bonchev–Trinajstić information content (AvgIpc) is 2.86. The Morgan fingerprint density at radius 2 is 1.95 bits per heavy atom. The molecule has 0 bridgehead atoms. The van der Waals surface area contributed by atoms with Crippen LogP contribution in [0.1, 0.15) is 51.4 Å². The first-order valence-corrected chi connectivity index (χ1v) is 9.17. The van der Waals surface area contributed by atoms with Crippen molar-refractivity contribution < 1.29 is 9.59 Å². The Morgan fingerprint density at radius 1 is 1.20 bits per heavy atom. The number of nitrogens with zero attached hydrogens (tertiary/aromatic N) is 1. The fourth-order valence-corrected chi connectivity index (χ4v) is 3.77. The number of nitrogens with one attached hydrogen (secondary N) is 1. The first kappa shape index (κ1) is 15.7. The lowest BCUT2D eigenvalue weighted by Crippen LogP contribution is -2.55. The number of rotatable bonds is 6. The predicted molar refractivity (Wildman–Crippen MR) is 82.8 cm³/mol. The summed E-state index contributed by atoms with van der Waals surface area (Å²) in [6.45, 7) is 1.40. The van der Waals surface area contributed by atoms with Crippen molar-refractivity contribution in [2.45, 2.75) is 56.9 Å². The molecule has 2 fully saturated rings. The zero-order valence-electron chi connectivity index (χ0n) is 12.5. The topological polar surface area (TPSA) is 49.4 Å². The molecule has 0 radical (unpaired) electrons. The molecule has 1 spiro atoms. The zero-order valence-corrected chi connectivity index (χ0v) is 13.3. The highest BCUT2D eigenvalue weighted by Gasteiger charge is 2.46. The van der Waals surface area contributed by atoms with Gasteiger partial charge >= 0.3 is 0 Å². The third-order valence-electron chi connectivity index (χ3n) is 4.42. The lowest BCUT2D eigenvalue weighted by Gasteiger charge is -2.31. The minimum atomic E-state index is -0.563. The van der Waals surface area contributed by atoms with E-state index in [0.717, 1.165) is 38.6 Å². The van der Waals surface area contributed by atoms with Gasteiger partial charge in [0.15, 0.2) is 0 Å². The molecule has 4 nitrogen and oxygen atoms in total. The smallest absolute Gasteiger partial charge is 0.248 e. The second-order valence-electron chi connectivity index (χ2n) is 5.93. The van der Waals surface area contributed by atoms with Crippen LogP contribution in [0.15, 0.2) is 0 Å². The van der Waals surface area contributed by atoms with Crippen molar-refractivity contribution in [3.63, 3.8) is 0 Å². The third kappa shape index (κ3) is 3.68. The van der Waals surface area contributed by atoms with E-state index in [4.69, 9.17) is 0 Å². The van der Waals surface area contributed by atoms with Gasteiger partial charge in [-0.15, -0.1) is 0 Å². The molecule has 0 unspecified atom stereocenters. The van der Waals surface area contributed by atoms with Crippen LogP contribution in [0.25, 0.3) is 0 Å². The Balaban J connectivity index is 1.90. The summed E-state index contributed by atoms with van der Waals surface area (Å²) in [5, 5.41) is 3.01. The van der Waals surface area contributed by atoms with Crippen molar-refractivity contribution >= 4 is 23.6 Å². The molecule has 0 aromatic heterocycles. The Bertz CT molecular complexity index is 354. The van der Waals surface area contributed by atoms with E-state index in [9.17, 15) is 9.59 Å². The summed E-state index contributed by atoms with van der Waals surface area (Å²) in [6.07, 6.45) is 9.75. The van der Waals surface area contributed by atoms with Crippen LogP contribution in [0.2, 0.25) is 0 Å². The van der Waals surface area contributed by atoms with Gasteiger partial charge in [-0.25, -0.2) is 0 Å². The monoisotopic (exact) mass is 298 g/mol. The van der Waals surface area contributed by atoms with Crippen LogP contribution >= 0.6 is 11.8 Å². The SMILES string of the molecule is CSCCCCCN1CCC(=O)NC2(CCCC2)C1=O. The van der Waals surface area contributed by atoms with Gasteiger partial charge in [0.25, 0.3) is 0 Å². The van der Waals surface area contributed by atoms with Crippen LogP contribution in [0.3, 0.4) is 0 Å². The number of amides is 2. The number of carbonyl (C=O) groups excluding carboxylic acids is 2. The van der Waals surface area contributed by atoms with Crippen LogP contribution in [0.5, 0.6) is 0 Å². The van der Waals surface area contributed by atoms with E-state index in [1.807, 2.05) is 16.7 Å². The molecule has 1 heterocycles. The Kier molecular flexibility index (Phi) is 5.75. The molecule has 0 aromatic rings. The van der Waals surface area contributed by atoms with Crippen molar-refractivity contribution in [2.24, 2.45) is 0 Å². The molecule has 114 valence electrons. The van der Waals surface area contributed by atoms with E-state index < -0.39 is 5.54 Å². The Hall–Kier alpha value is -0.710. The molecule has 5 heteroatoms. The molecule has 0 aromatic carbocycles. The van der Waals surface area contributed by atoms with E-state index in [-0.39, 0.29) is 11.8 Å². The molecular formula is C15H26N2O2S. The molecule has 1 saturated heterocycles. The Labute approximate surface area is 126 Å². The summed E-state index contributed by atoms with van der Waals surface area (Å²) < 4.78 is 0. The first-order valence-electron chi connectivity index (χ1n) is 7.77. The van der Waals surface area contributed by atoms with Crippen molar-refractivity contribution in [2.75, 3.05) is 25.1 Å². The molecule has 2 amide bonds. The lowest BCUT2D eigenvalue weighted by molar-refractivity contribution is -0.138. The average molecular weight is 298 g/mol. The van der Waals surface area contributed by atoms with Crippen molar-refractivity contribution in [3.8, 4) is 0 Å². The van der Waals surface area contributed by atoms with Crippen LogP contribution < -0.4 is 5.32 Å². The molecular weight excluding hydrogens is 272 g/mol. The molecule has 2 aliphatic rings. The van der Waals surface area contributed by atoms with Crippen LogP contribution in [-0.2, 0) is 9.59 Å². The third-order valence-corrected chi connectivity index (χ3v) is 5.11. The number of hydrogen-bond donors (Lipinski definition) is 1. The standard InChI is InChI=1S/C15H26N2O2S/c1-20-12-6-2-5-10-17-11-7-13(18)16-15(14(17)19)8-3-4-9-15/h2-12H2,1H3,(H,16,18). The molecule has 20 heavy (non-hydrogen) atoms. The maximum absolute atomic E-state index is 12.7. The summed E-state index contributed by atoms with van der Waals surface area (Å²) >= 11 is 1.87. The van der Waals surface area contributed by atoms with Gasteiger partial charge in [-0.2, -0.15) is 11.8 Å². The lowest BCUT2D eigenvalue weighted by atomic mass is 9.96. The first-order chi connectivity index (χ1) is 9.68. The normalized spacial score (nSPS) is 22.1. The van der Waals surface area contributed by atoms with Crippen molar-refractivity contribution in [1.29, 1.82) is 0 Å². The van der Waals surface area contributed by atoms with Gasteiger partial charge in [-0.1, -0.05) is 19.3 Å². The van der Waals surface area contributed by atoms with Gasteiger partial charge in [0.1, 0.15) is 5.54 Å². The molecule has 0 atom stereocenters. The van der Waals surface area contributed by atoms with Gasteiger partial charge in [0.2, 0.25) is 11.8 Å². The minimum absolute atomic E-state index is 0.0464. The van der Waals surface area contributed by atoms with Crippen LogP contribution in [-0.4, -0.2) is 47.4 Å². The van der Waals surface area contributed by atoms with Gasteiger partial charge < -0.3 is 10.2 Å². The highest BCUT2D eigenvalue weighted by molar-refractivity contribution is 7.98. The van der Waals surface area contributed by atoms with E-state index in [0.29, 0.717) is 13.0 Å². The summed E-state index contributed by atoms with van der Waals surface area (Å²) in [7, 11) is 0. The van der Waals surface area contributed by atoms with Gasteiger partial charge in [-0.05, 0) is 37.7 Å². The maximum Gasteiger partial charge on any atom is 0.248 e. The summed E-state index contributed by atoms with van der Waals surface area (Å²) in [5.41, 5.74) is -0.563. The molecule has 1 saturated carbocycles. The second-order valence-corrected chi connectivity index (χ2v) is 6.92. The number of carbonyl (C=O) groups is 2.